The first-order chi connectivity index (χ1) is 17.0. The standard InChI is InChI=1S/C31H37FN2O/c32-31-19-23-17-26(20-31)30(18-23,22-31)15-5-4-10-29(35)33-21-28-9-6-16-34(28)27-13-11-25(12-14-27)24-7-2-1-3-8-24/h4-6,9-16,23-24,26H,1-3,7-8,17-22H2,(H,33,35)/b10-4+,15-5+. The van der Waals surface area contributed by atoms with Crippen molar-refractivity contribution in [3.63, 3.8) is 0 Å². The summed E-state index contributed by atoms with van der Waals surface area (Å²) in [5.74, 6) is 1.66. The van der Waals surface area contributed by atoms with Crippen LogP contribution in [0.15, 0.2) is 66.9 Å². The number of carbonyl (C=O) groups is 1. The van der Waals surface area contributed by atoms with Gasteiger partial charge in [0.1, 0.15) is 5.67 Å². The zero-order chi connectivity index (χ0) is 23.9. The molecule has 5 saturated carbocycles. The van der Waals surface area contributed by atoms with Crippen molar-refractivity contribution in [2.75, 3.05) is 0 Å². The average Bonchev–Trinajstić information content (AvgIpc) is 3.48. The maximum absolute atomic E-state index is 14.9. The third-order valence-corrected chi connectivity index (χ3v) is 9.32. The summed E-state index contributed by atoms with van der Waals surface area (Å²) in [4.78, 5) is 12.4. The fourth-order valence-corrected chi connectivity index (χ4v) is 7.90. The average molecular weight is 473 g/mol. The van der Waals surface area contributed by atoms with Crippen molar-refractivity contribution in [1.29, 1.82) is 0 Å². The highest BCUT2D eigenvalue weighted by molar-refractivity contribution is 5.87. The Morgan fingerprint density at radius 3 is 2.69 bits per heavy atom. The molecule has 5 fully saturated rings. The minimum absolute atomic E-state index is 0.0336. The predicted molar refractivity (Wildman–Crippen MR) is 138 cm³/mol. The van der Waals surface area contributed by atoms with Gasteiger partial charge in [0.15, 0.2) is 0 Å². The van der Waals surface area contributed by atoms with Gasteiger partial charge in [0.05, 0.1) is 6.54 Å². The Balaban J connectivity index is 1.03. The van der Waals surface area contributed by atoms with E-state index in [1.165, 1.54) is 44.1 Å². The fourth-order valence-electron chi connectivity index (χ4n) is 7.90. The number of aromatic nitrogens is 1. The van der Waals surface area contributed by atoms with E-state index in [4.69, 9.17) is 0 Å². The number of amides is 1. The van der Waals surface area contributed by atoms with E-state index in [9.17, 15) is 9.18 Å². The van der Waals surface area contributed by atoms with Crippen LogP contribution in [0.4, 0.5) is 4.39 Å². The first-order valence-electron chi connectivity index (χ1n) is 13.6. The molecule has 7 rings (SSSR count). The maximum Gasteiger partial charge on any atom is 0.244 e. The monoisotopic (exact) mass is 472 g/mol. The second kappa shape index (κ2) is 9.11. The molecule has 1 aromatic heterocycles. The van der Waals surface area contributed by atoms with Gasteiger partial charge in [0.25, 0.3) is 0 Å². The number of hydrogen-bond donors (Lipinski definition) is 1. The van der Waals surface area contributed by atoms with Crippen LogP contribution in [-0.2, 0) is 11.3 Å². The highest BCUT2D eigenvalue weighted by atomic mass is 19.1. The molecule has 1 heterocycles. The summed E-state index contributed by atoms with van der Waals surface area (Å²) in [5.41, 5.74) is 2.74. The van der Waals surface area contributed by atoms with E-state index in [0.29, 0.717) is 30.7 Å². The van der Waals surface area contributed by atoms with Gasteiger partial charge in [-0.25, -0.2) is 4.39 Å². The van der Waals surface area contributed by atoms with Crippen molar-refractivity contribution in [3.05, 3.63) is 78.2 Å². The molecule has 4 bridgehead atoms. The lowest BCUT2D eigenvalue weighted by molar-refractivity contribution is -0.116. The number of halogens is 1. The van der Waals surface area contributed by atoms with Gasteiger partial charge in [-0.1, -0.05) is 49.6 Å². The van der Waals surface area contributed by atoms with Crippen molar-refractivity contribution in [3.8, 4) is 5.69 Å². The van der Waals surface area contributed by atoms with Crippen molar-refractivity contribution in [2.24, 2.45) is 17.3 Å². The molecule has 1 N–H and O–H groups in total. The molecule has 4 unspecified atom stereocenters. The number of nitrogens with one attached hydrogen (secondary N) is 1. The second-order valence-electron chi connectivity index (χ2n) is 11.7. The van der Waals surface area contributed by atoms with Crippen LogP contribution in [-0.4, -0.2) is 16.1 Å². The van der Waals surface area contributed by atoms with Gasteiger partial charge < -0.3 is 9.88 Å². The summed E-state index contributed by atoms with van der Waals surface area (Å²) in [6.07, 6.45) is 20.8. The summed E-state index contributed by atoms with van der Waals surface area (Å²) in [6, 6.07) is 13.0. The molecule has 4 atom stereocenters. The summed E-state index contributed by atoms with van der Waals surface area (Å²) < 4.78 is 17.0. The largest absolute Gasteiger partial charge is 0.347 e. The maximum atomic E-state index is 14.9. The zero-order valence-electron chi connectivity index (χ0n) is 20.6. The van der Waals surface area contributed by atoms with E-state index in [1.807, 2.05) is 18.2 Å². The molecule has 1 aromatic carbocycles. The molecule has 0 saturated heterocycles. The van der Waals surface area contributed by atoms with Gasteiger partial charge >= 0.3 is 0 Å². The van der Waals surface area contributed by atoms with E-state index < -0.39 is 5.67 Å². The van der Waals surface area contributed by atoms with Crippen LogP contribution in [0.2, 0.25) is 0 Å². The molecule has 2 aromatic rings. The lowest BCUT2D eigenvalue weighted by atomic mass is 9.74. The van der Waals surface area contributed by atoms with E-state index in [-0.39, 0.29) is 11.3 Å². The minimum Gasteiger partial charge on any atom is -0.347 e. The van der Waals surface area contributed by atoms with Crippen molar-refractivity contribution >= 4 is 5.91 Å². The molecule has 184 valence electrons. The Morgan fingerprint density at radius 2 is 1.89 bits per heavy atom. The second-order valence-corrected chi connectivity index (χ2v) is 11.7. The van der Waals surface area contributed by atoms with Crippen molar-refractivity contribution < 1.29 is 9.18 Å². The van der Waals surface area contributed by atoms with E-state index in [1.54, 1.807) is 6.08 Å². The molecule has 3 nitrogen and oxygen atoms in total. The number of nitrogens with zero attached hydrogens (tertiary/aromatic N) is 1. The Hall–Kier alpha value is -2.62. The van der Waals surface area contributed by atoms with Crippen molar-refractivity contribution in [1.82, 2.24) is 9.88 Å². The minimum atomic E-state index is -0.928. The molecular weight excluding hydrogens is 435 g/mol. The van der Waals surface area contributed by atoms with Crippen LogP contribution in [0.3, 0.4) is 0 Å². The van der Waals surface area contributed by atoms with E-state index in [2.05, 4.69) is 52.5 Å². The Labute approximate surface area is 208 Å². The number of alkyl halides is 1. The molecular formula is C31H37FN2O. The molecule has 0 aliphatic heterocycles. The Bertz CT molecular complexity index is 1130. The van der Waals surface area contributed by atoms with Gasteiger partial charge in [-0.2, -0.15) is 0 Å². The quantitative estimate of drug-likeness (QED) is 0.336. The number of hydrogen-bond acceptors (Lipinski definition) is 1. The van der Waals surface area contributed by atoms with Gasteiger partial charge in [-0.3, -0.25) is 4.79 Å². The Morgan fingerprint density at radius 1 is 1.06 bits per heavy atom. The number of benzene rings is 1. The third-order valence-electron chi connectivity index (χ3n) is 9.32. The van der Waals surface area contributed by atoms with Crippen LogP contribution in [0.25, 0.3) is 5.69 Å². The zero-order valence-corrected chi connectivity index (χ0v) is 20.6. The molecule has 0 radical (unpaired) electrons. The van der Waals surface area contributed by atoms with Gasteiger partial charge in [0, 0.05) is 23.7 Å². The van der Waals surface area contributed by atoms with Crippen LogP contribution >= 0.6 is 0 Å². The molecule has 5 aliphatic carbocycles. The van der Waals surface area contributed by atoms with Gasteiger partial charge in [-0.15, -0.1) is 0 Å². The molecule has 1 amide bonds. The highest BCUT2D eigenvalue weighted by Gasteiger charge is 2.63. The molecule has 35 heavy (non-hydrogen) atoms. The van der Waals surface area contributed by atoms with Gasteiger partial charge in [0.2, 0.25) is 5.91 Å². The SMILES string of the molecule is O=C(/C=C/C=C/C12CC3CC1CC(F)(C3)C2)NCc1cccn1-c1ccc(C2CCCCC2)cc1. The number of carbonyl (C=O) groups excluding carboxylic acids is 1. The first kappa shape index (κ1) is 22.8. The van der Waals surface area contributed by atoms with Crippen LogP contribution in [0, 0.1) is 17.3 Å². The summed E-state index contributed by atoms with van der Waals surface area (Å²) in [6.45, 7) is 0.475. The smallest absolute Gasteiger partial charge is 0.244 e. The first-order valence-corrected chi connectivity index (χ1v) is 13.6. The molecule has 0 spiro atoms. The number of rotatable bonds is 7. The fraction of sp³-hybridized carbons (Fsp3) is 0.516. The topological polar surface area (TPSA) is 34.0 Å². The third kappa shape index (κ3) is 4.52. The van der Waals surface area contributed by atoms with Crippen LogP contribution < -0.4 is 5.32 Å². The van der Waals surface area contributed by atoms with Crippen molar-refractivity contribution in [2.45, 2.75) is 82.3 Å². The predicted octanol–water partition coefficient (Wildman–Crippen LogP) is 7.17. The lowest BCUT2D eigenvalue weighted by Crippen LogP contribution is -2.31. The van der Waals surface area contributed by atoms with Crippen LogP contribution in [0.1, 0.15) is 81.4 Å². The summed E-state index contributed by atoms with van der Waals surface area (Å²) in [7, 11) is 0. The normalized spacial score (nSPS) is 32.3. The summed E-state index contributed by atoms with van der Waals surface area (Å²) >= 11 is 0. The van der Waals surface area contributed by atoms with Crippen LogP contribution in [0.5, 0.6) is 0 Å². The Kier molecular flexibility index (Phi) is 5.94. The molecule has 4 heteroatoms. The van der Waals surface area contributed by atoms with E-state index >= 15 is 0 Å². The lowest BCUT2D eigenvalue weighted by Gasteiger charge is -2.34. The number of allylic oxidation sites excluding steroid dienone is 3. The molecule has 5 aliphatic rings. The van der Waals surface area contributed by atoms with Gasteiger partial charge in [-0.05, 0) is 97.9 Å². The highest BCUT2D eigenvalue weighted by Crippen LogP contribution is 2.68. The summed E-state index contributed by atoms with van der Waals surface area (Å²) in [5, 5.41) is 3.01. The van der Waals surface area contributed by atoms with E-state index in [0.717, 1.165) is 30.6 Å².